The summed E-state index contributed by atoms with van der Waals surface area (Å²) in [6.07, 6.45) is 3.85. The third-order valence-corrected chi connectivity index (χ3v) is 7.36. The van der Waals surface area contributed by atoms with Gasteiger partial charge in [-0.05, 0) is 35.1 Å². The van der Waals surface area contributed by atoms with E-state index in [1.165, 1.54) is 22.3 Å². The Balaban J connectivity index is 1.37. The molecule has 4 heteroatoms. The second-order valence-corrected chi connectivity index (χ2v) is 8.67. The molecular formula is C25H26N2O2. The lowest BCUT2D eigenvalue weighted by Crippen LogP contribution is -2.40. The van der Waals surface area contributed by atoms with Gasteiger partial charge in [-0.1, -0.05) is 62.4 Å². The predicted molar refractivity (Wildman–Crippen MR) is 113 cm³/mol. The molecule has 0 spiro atoms. The zero-order chi connectivity index (χ0) is 19.6. The lowest BCUT2D eigenvalue weighted by molar-refractivity contribution is 0.160. The normalized spacial score (nSPS) is 28.6. The zero-order valence-electron chi connectivity index (χ0n) is 17.0. The van der Waals surface area contributed by atoms with Crippen LogP contribution in [-0.2, 0) is 22.3 Å². The van der Waals surface area contributed by atoms with Gasteiger partial charge in [0.05, 0.1) is 0 Å². The topological polar surface area (TPSA) is 43.2 Å². The summed E-state index contributed by atoms with van der Waals surface area (Å²) in [5.41, 5.74) is 5.00. The largest absolute Gasteiger partial charge is 0.474 e. The number of nitrogens with zero attached hydrogens (tertiary/aromatic N) is 2. The molecule has 29 heavy (non-hydrogen) atoms. The van der Waals surface area contributed by atoms with Gasteiger partial charge in [-0.25, -0.2) is 9.98 Å². The van der Waals surface area contributed by atoms with E-state index in [1.54, 1.807) is 0 Å². The minimum Gasteiger partial charge on any atom is -0.474 e. The molecule has 0 aromatic heterocycles. The van der Waals surface area contributed by atoms with Crippen molar-refractivity contribution in [3.63, 3.8) is 0 Å². The summed E-state index contributed by atoms with van der Waals surface area (Å²) in [7, 11) is 0. The van der Waals surface area contributed by atoms with Gasteiger partial charge >= 0.3 is 0 Å². The van der Waals surface area contributed by atoms with Gasteiger partial charge in [-0.3, -0.25) is 0 Å². The Kier molecular flexibility index (Phi) is 3.68. The van der Waals surface area contributed by atoms with E-state index in [4.69, 9.17) is 19.5 Å². The summed E-state index contributed by atoms with van der Waals surface area (Å²) in [5, 5.41) is 0. The molecule has 0 saturated heterocycles. The molecule has 0 fully saturated rings. The molecule has 0 amide bonds. The average Bonchev–Trinajstić information content (AvgIpc) is 3.48. The van der Waals surface area contributed by atoms with Crippen LogP contribution in [0.1, 0.15) is 61.0 Å². The number of rotatable bonds is 4. The Morgan fingerprint density at radius 3 is 1.66 bits per heavy atom. The number of fused-ring (bicyclic) bond motifs is 6. The maximum Gasteiger partial charge on any atom is 0.200 e. The van der Waals surface area contributed by atoms with Gasteiger partial charge in [0.25, 0.3) is 0 Å². The molecule has 2 aromatic carbocycles. The highest BCUT2D eigenvalue weighted by atomic mass is 16.5. The maximum atomic E-state index is 6.51. The first-order chi connectivity index (χ1) is 14.2. The third-order valence-electron chi connectivity index (χ3n) is 7.36. The predicted octanol–water partition coefficient (Wildman–Crippen LogP) is 4.98. The summed E-state index contributed by atoms with van der Waals surface area (Å²) in [4.78, 5) is 10.2. The zero-order valence-corrected chi connectivity index (χ0v) is 17.0. The van der Waals surface area contributed by atoms with Crippen molar-refractivity contribution in [2.24, 2.45) is 15.4 Å². The van der Waals surface area contributed by atoms with Crippen LogP contribution < -0.4 is 0 Å². The van der Waals surface area contributed by atoms with Gasteiger partial charge < -0.3 is 9.47 Å². The van der Waals surface area contributed by atoms with E-state index in [9.17, 15) is 0 Å². The molecule has 148 valence electrons. The Morgan fingerprint density at radius 2 is 1.21 bits per heavy atom. The van der Waals surface area contributed by atoms with E-state index in [0.29, 0.717) is 0 Å². The molecule has 0 radical (unpaired) electrons. The van der Waals surface area contributed by atoms with E-state index in [0.717, 1.165) is 37.5 Å². The SMILES string of the molecule is CCC(CC)(C1=NC2c3ccccc3CC2O1)C1=NC2c3ccccc3CC2O1. The van der Waals surface area contributed by atoms with Crippen molar-refractivity contribution in [1.82, 2.24) is 0 Å². The molecule has 4 atom stereocenters. The molecule has 2 heterocycles. The third kappa shape index (κ3) is 2.32. The van der Waals surface area contributed by atoms with E-state index < -0.39 is 0 Å². The van der Waals surface area contributed by atoms with Gasteiger partial charge in [0, 0.05) is 12.8 Å². The van der Waals surface area contributed by atoms with E-state index in [2.05, 4.69) is 62.4 Å². The summed E-state index contributed by atoms with van der Waals surface area (Å²) in [6.45, 7) is 4.40. The van der Waals surface area contributed by atoms with E-state index in [-0.39, 0.29) is 29.7 Å². The van der Waals surface area contributed by atoms with E-state index in [1.807, 2.05) is 0 Å². The van der Waals surface area contributed by atoms with Crippen LogP contribution in [0.5, 0.6) is 0 Å². The highest BCUT2D eigenvalue weighted by molar-refractivity contribution is 6.06. The van der Waals surface area contributed by atoms with Crippen molar-refractivity contribution in [3.05, 3.63) is 70.8 Å². The van der Waals surface area contributed by atoms with Crippen LogP contribution in [0.4, 0.5) is 0 Å². The standard InChI is InChI=1S/C25H26N2O2/c1-3-25(4-2,23-26-21-17-11-7-5-9-15(17)13-19(21)28-23)24-27-22-18-12-8-6-10-16(18)14-20(22)29-24/h5-12,19-22H,3-4,13-14H2,1-2H3. The molecule has 0 N–H and O–H groups in total. The van der Waals surface area contributed by atoms with Crippen LogP contribution >= 0.6 is 0 Å². The number of hydrogen-bond donors (Lipinski definition) is 0. The van der Waals surface area contributed by atoms with Crippen LogP contribution in [0.2, 0.25) is 0 Å². The molecule has 2 aliphatic heterocycles. The minimum atomic E-state index is -0.363. The van der Waals surface area contributed by atoms with Crippen LogP contribution in [0.15, 0.2) is 58.5 Å². The van der Waals surface area contributed by atoms with Crippen molar-refractivity contribution >= 4 is 11.8 Å². The van der Waals surface area contributed by atoms with Gasteiger partial charge in [-0.2, -0.15) is 0 Å². The fraction of sp³-hybridized carbons (Fsp3) is 0.440. The van der Waals surface area contributed by atoms with Crippen LogP contribution in [0, 0.1) is 5.41 Å². The van der Waals surface area contributed by atoms with Crippen molar-refractivity contribution in [2.45, 2.75) is 63.8 Å². The smallest absolute Gasteiger partial charge is 0.200 e. The molecule has 2 aliphatic carbocycles. The van der Waals surface area contributed by atoms with Crippen LogP contribution in [0.25, 0.3) is 0 Å². The van der Waals surface area contributed by atoms with Crippen molar-refractivity contribution < 1.29 is 9.47 Å². The Hall–Kier alpha value is -2.62. The average molecular weight is 386 g/mol. The highest BCUT2D eigenvalue weighted by Crippen LogP contribution is 2.48. The highest BCUT2D eigenvalue weighted by Gasteiger charge is 2.52. The maximum absolute atomic E-state index is 6.51. The molecular weight excluding hydrogens is 360 g/mol. The molecule has 4 aliphatic rings. The summed E-state index contributed by atoms with van der Waals surface area (Å²) in [6, 6.07) is 17.4. The minimum absolute atomic E-state index is 0.112. The Labute approximate surface area is 171 Å². The summed E-state index contributed by atoms with van der Waals surface area (Å²) < 4.78 is 13.0. The number of aliphatic imine (C=N–C) groups is 2. The van der Waals surface area contributed by atoms with Gasteiger partial charge in [0.1, 0.15) is 29.7 Å². The van der Waals surface area contributed by atoms with Gasteiger partial charge in [0.15, 0.2) is 11.8 Å². The first-order valence-electron chi connectivity index (χ1n) is 10.9. The first kappa shape index (κ1) is 17.3. The Bertz CT molecular complexity index is 957. The molecule has 4 unspecified atom stereocenters. The second-order valence-electron chi connectivity index (χ2n) is 8.67. The first-order valence-corrected chi connectivity index (χ1v) is 10.9. The molecule has 4 nitrogen and oxygen atoms in total. The molecule has 2 aromatic rings. The summed E-state index contributed by atoms with van der Waals surface area (Å²) >= 11 is 0. The molecule has 0 bridgehead atoms. The molecule has 0 saturated carbocycles. The molecule has 6 rings (SSSR count). The van der Waals surface area contributed by atoms with Gasteiger partial charge in [-0.15, -0.1) is 0 Å². The monoisotopic (exact) mass is 386 g/mol. The summed E-state index contributed by atoms with van der Waals surface area (Å²) in [5.74, 6) is 1.66. The number of hydrogen-bond acceptors (Lipinski definition) is 4. The number of benzene rings is 2. The Morgan fingerprint density at radius 1 is 0.759 bits per heavy atom. The quantitative estimate of drug-likeness (QED) is 0.744. The van der Waals surface area contributed by atoms with Crippen LogP contribution in [-0.4, -0.2) is 24.0 Å². The van der Waals surface area contributed by atoms with Crippen molar-refractivity contribution in [3.8, 4) is 0 Å². The van der Waals surface area contributed by atoms with Crippen molar-refractivity contribution in [1.29, 1.82) is 0 Å². The fourth-order valence-electron chi connectivity index (χ4n) is 5.61. The van der Waals surface area contributed by atoms with Crippen LogP contribution in [0.3, 0.4) is 0 Å². The van der Waals surface area contributed by atoms with Crippen molar-refractivity contribution in [2.75, 3.05) is 0 Å². The lowest BCUT2D eigenvalue weighted by atomic mass is 9.81. The van der Waals surface area contributed by atoms with E-state index >= 15 is 0 Å². The fourth-order valence-corrected chi connectivity index (χ4v) is 5.61. The lowest BCUT2D eigenvalue weighted by Gasteiger charge is -2.31. The second kappa shape index (κ2) is 6.19. The van der Waals surface area contributed by atoms with Gasteiger partial charge in [0.2, 0.25) is 0 Å². The number of ether oxygens (including phenoxy) is 2.